The third-order valence-corrected chi connectivity index (χ3v) is 2.81. The molecule has 1 heterocycles. The Hall–Kier alpha value is -1.66. The van der Waals surface area contributed by atoms with Crippen LogP contribution in [0.15, 0.2) is 12.3 Å². The van der Waals surface area contributed by atoms with E-state index in [1.807, 2.05) is 7.05 Å². The van der Waals surface area contributed by atoms with Gasteiger partial charge in [0.1, 0.15) is 0 Å². The molecule has 0 bridgehead atoms. The second-order valence-corrected chi connectivity index (χ2v) is 4.45. The number of ether oxygens (including phenoxy) is 1. The first-order valence-corrected chi connectivity index (χ1v) is 6.22. The summed E-state index contributed by atoms with van der Waals surface area (Å²) in [6, 6.07) is 1.65. The summed E-state index contributed by atoms with van der Waals surface area (Å²) in [5, 5.41) is 2.86. The minimum Gasteiger partial charge on any atom is -0.397 e. The summed E-state index contributed by atoms with van der Waals surface area (Å²) in [4.78, 5) is 18.1. The van der Waals surface area contributed by atoms with E-state index in [0.717, 1.165) is 13.1 Å². The lowest BCUT2D eigenvalue weighted by Crippen LogP contribution is -2.34. The van der Waals surface area contributed by atoms with Crippen LogP contribution in [0.3, 0.4) is 0 Å². The number of carbonyl (C=O) groups excluding carboxylic acids is 1. The number of hydrogen-bond donors (Lipinski definition) is 2. The van der Waals surface area contributed by atoms with E-state index in [2.05, 4.69) is 15.2 Å². The monoisotopic (exact) mass is 266 g/mol. The Kier molecular flexibility index (Phi) is 6.24. The lowest BCUT2D eigenvalue weighted by molar-refractivity contribution is 0.0946. The van der Waals surface area contributed by atoms with Crippen LogP contribution in [0.4, 0.5) is 5.69 Å². The maximum atomic E-state index is 12.0. The molecule has 0 saturated carbocycles. The Morgan fingerprint density at radius 2 is 2.26 bits per heavy atom. The molecule has 3 N–H and O–H groups in total. The van der Waals surface area contributed by atoms with Crippen molar-refractivity contribution in [3.05, 3.63) is 23.5 Å². The summed E-state index contributed by atoms with van der Waals surface area (Å²) in [5.41, 5.74) is 7.33. The van der Waals surface area contributed by atoms with Crippen LogP contribution < -0.4 is 11.1 Å². The van der Waals surface area contributed by atoms with E-state index in [1.165, 1.54) is 0 Å². The zero-order valence-electron chi connectivity index (χ0n) is 11.8. The fourth-order valence-corrected chi connectivity index (χ4v) is 1.59. The zero-order chi connectivity index (χ0) is 14.3. The molecule has 0 radical (unpaired) electrons. The second kappa shape index (κ2) is 7.70. The molecular formula is C13H22N4O2. The van der Waals surface area contributed by atoms with Crippen LogP contribution >= 0.6 is 0 Å². The minimum absolute atomic E-state index is 0.141. The Morgan fingerprint density at radius 1 is 1.53 bits per heavy atom. The summed E-state index contributed by atoms with van der Waals surface area (Å²) in [7, 11) is 3.66. The molecule has 1 amide bonds. The first-order valence-electron chi connectivity index (χ1n) is 6.22. The molecule has 0 unspecified atom stereocenters. The van der Waals surface area contributed by atoms with Crippen molar-refractivity contribution < 1.29 is 9.53 Å². The van der Waals surface area contributed by atoms with E-state index in [4.69, 9.17) is 10.5 Å². The van der Waals surface area contributed by atoms with Crippen LogP contribution in [0.2, 0.25) is 0 Å². The van der Waals surface area contributed by atoms with E-state index in [0.29, 0.717) is 30.1 Å². The molecule has 0 aromatic carbocycles. The van der Waals surface area contributed by atoms with Gasteiger partial charge in [0, 0.05) is 26.7 Å². The number of nitrogens with one attached hydrogen (secondary N) is 1. The number of aryl methyl sites for hydroxylation is 1. The number of carbonyl (C=O) groups is 1. The summed E-state index contributed by atoms with van der Waals surface area (Å²) in [6.07, 6.45) is 1.55. The van der Waals surface area contributed by atoms with Crippen molar-refractivity contribution in [1.82, 2.24) is 15.2 Å². The summed E-state index contributed by atoms with van der Waals surface area (Å²) in [5.74, 6) is -0.141. The Balaban J connectivity index is 2.41. The van der Waals surface area contributed by atoms with E-state index in [-0.39, 0.29) is 5.91 Å². The molecule has 6 nitrogen and oxygen atoms in total. The number of methoxy groups -OCH3 is 1. The number of nitrogens with two attached hydrogens (primary N) is 1. The second-order valence-electron chi connectivity index (χ2n) is 4.45. The predicted octanol–water partition coefficient (Wildman–Crippen LogP) is 0.280. The number of amides is 1. The van der Waals surface area contributed by atoms with Crippen molar-refractivity contribution in [3.8, 4) is 0 Å². The van der Waals surface area contributed by atoms with Gasteiger partial charge in [0.05, 0.1) is 29.7 Å². The largest absolute Gasteiger partial charge is 0.397 e. The van der Waals surface area contributed by atoms with Gasteiger partial charge in [-0.3, -0.25) is 9.78 Å². The fraction of sp³-hybridized carbons (Fsp3) is 0.538. The van der Waals surface area contributed by atoms with Gasteiger partial charge in [-0.15, -0.1) is 0 Å². The number of likely N-dealkylation sites (N-methyl/N-ethyl adjacent to an activating group) is 1. The van der Waals surface area contributed by atoms with Gasteiger partial charge < -0.3 is 20.7 Å². The van der Waals surface area contributed by atoms with Crippen molar-refractivity contribution >= 4 is 11.6 Å². The zero-order valence-corrected chi connectivity index (χ0v) is 11.8. The van der Waals surface area contributed by atoms with Crippen LogP contribution in [-0.4, -0.2) is 56.2 Å². The SMILES string of the molecule is COCCN(C)CCNC(=O)c1cc(N)cnc1C. The van der Waals surface area contributed by atoms with Gasteiger partial charge in [0.15, 0.2) is 0 Å². The molecule has 0 atom stereocenters. The quantitative estimate of drug-likeness (QED) is 0.741. The number of aromatic nitrogens is 1. The highest BCUT2D eigenvalue weighted by molar-refractivity contribution is 5.95. The summed E-state index contributed by atoms with van der Waals surface area (Å²) >= 11 is 0. The number of rotatable bonds is 7. The van der Waals surface area contributed by atoms with Gasteiger partial charge in [0.2, 0.25) is 0 Å². The van der Waals surface area contributed by atoms with Gasteiger partial charge in [0.25, 0.3) is 5.91 Å². The van der Waals surface area contributed by atoms with Gasteiger partial charge in [-0.1, -0.05) is 0 Å². The maximum absolute atomic E-state index is 12.0. The van der Waals surface area contributed by atoms with Gasteiger partial charge >= 0.3 is 0 Å². The maximum Gasteiger partial charge on any atom is 0.253 e. The number of anilines is 1. The van der Waals surface area contributed by atoms with Crippen LogP contribution in [-0.2, 0) is 4.74 Å². The molecule has 1 rings (SSSR count). The lowest BCUT2D eigenvalue weighted by Gasteiger charge is -2.16. The standard InChI is InChI=1S/C13H22N4O2/c1-10-12(8-11(14)9-16-10)13(18)15-4-5-17(2)6-7-19-3/h8-9H,4-7,14H2,1-3H3,(H,15,18). The molecular weight excluding hydrogens is 244 g/mol. The topological polar surface area (TPSA) is 80.5 Å². The third-order valence-electron chi connectivity index (χ3n) is 2.81. The molecule has 0 aliphatic heterocycles. The van der Waals surface area contributed by atoms with Crippen molar-refractivity contribution in [2.24, 2.45) is 0 Å². The van der Waals surface area contributed by atoms with Gasteiger partial charge in [-0.05, 0) is 20.0 Å². The highest BCUT2D eigenvalue weighted by atomic mass is 16.5. The minimum atomic E-state index is -0.141. The van der Waals surface area contributed by atoms with Gasteiger partial charge in [-0.2, -0.15) is 0 Å². The summed E-state index contributed by atoms with van der Waals surface area (Å²) in [6.45, 7) is 4.66. The Labute approximate surface area is 113 Å². The average Bonchev–Trinajstić information content (AvgIpc) is 2.39. The molecule has 1 aromatic rings. The molecule has 6 heteroatoms. The summed E-state index contributed by atoms with van der Waals surface area (Å²) < 4.78 is 4.99. The van der Waals surface area contributed by atoms with Crippen LogP contribution in [0.5, 0.6) is 0 Å². The Morgan fingerprint density at radius 3 is 2.95 bits per heavy atom. The molecule has 19 heavy (non-hydrogen) atoms. The smallest absolute Gasteiger partial charge is 0.253 e. The number of nitrogen functional groups attached to an aromatic ring is 1. The molecule has 0 spiro atoms. The van der Waals surface area contributed by atoms with E-state index in [1.54, 1.807) is 26.3 Å². The molecule has 106 valence electrons. The third kappa shape index (κ3) is 5.23. The first-order chi connectivity index (χ1) is 9.04. The van der Waals surface area contributed by atoms with E-state index in [9.17, 15) is 4.79 Å². The predicted molar refractivity (Wildman–Crippen MR) is 75.1 cm³/mol. The van der Waals surface area contributed by atoms with Crippen molar-refractivity contribution in [3.63, 3.8) is 0 Å². The highest BCUT2D eigenvalue weighted by Gasteiger charge is 2.10. The number of nitrogens with zero attached hydrogens (tertiary/aromatic N) is 2. The highest BCUT2D eigenvalue weighted by Crippen LogP contribution is 2.08. The first kappa shape index (κ1) is 15.4. The van der Waals surface area contributed by atoms with Crippen LogP contribution in [0, 0.1) is 6.92 Å². The number of hydrogen-bond acceptors (Lipinski definition) is 5. The Bertz CT molecular complexity index is 423. The lowest BCUT2D eigenvalue weighted by atomic mass is 10.2. The normalized spacial score (nSPS) is 10.7. The van der Waals surface area contributed by atoms with E-state index < -0.39 is 0 Å². The van der Waals surface area contributed by atoms with Crippen LogP contribution in [0.1, 0.15) is 16.1 Å². The van der Waals surface area contributed by atoms with Crippen molar-refractivity contribution in [1.29, 1.82) is 0 Å². The molecule has 1 aromatic heterocycles. The van der Waals surface area contributed by atoms with Gasteiger partial charge in [-0.25, -0.2) is 0 Å². The molecule has 0 aliphatic carbocycles. The van der Waals surface area contributed by atoms with Crippen molar-refractivity contribution in [2.45, 2.75) is 6.92 Å². The average molecular weight is 266 g/mol. The van der Waals surface area contributed by atoms with Crippen molar-refractivity contribution in [2.75, 3.05) is 46.1 Å². The molecule has 0 fully saturated rings. The number of pyridine rings is 1. The molecule has 0 saturated heterocycles. The van der Waals surface area contributed by atoms with Crippen LogP contribution in [0.25, 0.3) is 0 Å². The fourth-order valence-electron chi connectivity index (χ4n) is 1.59. The van der Waals surface area contributed by atoms with E-state index >= 15 is 0 Å². The molecule has 0 aliphatic rings.